The summed E-state index contributed by atoms with van der Waals surface area (Å²) in [7, 11) is 1.42. The zero-order chi connectivity index (χ0) is 17.3. The van der Waals surface area contributed by atoms with E-state index in [2.05, 4.69) is 9.97 Å². The van der Waals surface area contributed by atoms with Crippen molar-refractivity contribution >= 4 is 0 Å². The molecule has 0 aliphatic rings. The lowest BCUT2D eigenvalue weighted by atomic mass is 9.77. The Bertz CT molecular complexity index is 677. The van der Waals surface area contributed by atoms with Crippen LogP contribution in [0.5, 0.6) is 5.88 Å². The Morgan fingerprint density at radius 3 is 2.30 bits per heavy atom. The van der Waals surface area contributed by atoms with Crippen molar-refractivity contribution in [3.05, 3.63) is 53.5 Å². The summed E-state index contributed by atoms with van der Waals surface area (Å²) in [5, 5.41) is 10.6. The van der Waals surface area contributed by atoms with Gasteiger partial charge in [-0.05, 0) is 35.7 Å². The van der Waals surface area contributed by atoms with Crippen molar-refractivity contribution in [3.63, 3.8) is 0 Å². The monoisotopic (exact) mass is 326 g/mol. The second-order valence-corrected chi connectivity index (χ2v) is 5.30. The van der Waals surface area contributed by atoms with Crippen LogP contribution in [-0.4, -0.2) is 28.4 Å². The molecule has 0 aromatic carbocycles. The molecule has 0 aliphatic heterocycles. The predicted octanol–water partition coefficient (Wildman–Crippen LogP) is 3.35. The molecule has 2 heterocycles. The number of pyridine rings is 2. The minimum absolute atomic E-state index is 0.261. The van der Waals surface area contributed by atoms with Crippen LogP contribution in [0.25, 0.3) is 0 Å². The number of aromatic nitrogens is 2. The van der Waals surface area contributed by atoms with Crippen molar-refractivity contribution in [1.29, 1.82) is 0 Å². The molecule has 2 aromatic heterocycles. The van der Waals surface area contributed by atoms with Crippen LogP contribution in [0.2, 0.25) is 0 Å². The van der Waals surface area contributed by atoms with Crippen LogP contribution in [0, 0.1) is 6.92 Å². The normalized spacial score (nSPS) is 15.8. The zero-order valence-corrected chi connectivity index (χ0v) is 12.9. The number of hydrogen-bond acceptors (Lipinski definition) is 4. The lowest BCUT2D eigenvalue weighted by Crippen LogP contribution is -2.46. The number of halogens is 3. The molecule has 124 valence electrons. The molecule has 2 rings (SSSR count). The van der Waals surface area contributed by atoms with Crippen LogP contribution in [0.3, 0.4) is 0 Å². The van der Waals surface area contributed by atoms with Gasteiger partial charge in [0.05, 0.1) is 7.11 Å². The average molecular weight is 326 g/mol. The first-order valence-corrected chi connectivity index (χ1v) is 6.92. The number of alkyl halides is 3. The Kier molecular flexibility index (Phi) is 4.61. The fraction of sp³-hybridized carbons (Fsp3) is 0.375. The van der Waals surface area contributed by atoms with Gasteiger partial charge in [-0.2, -0.15) is 13.2 Å². The molecule has 2 aromatic rings. The predicted molar refractivity (Wildman–Crippen MR) is 78.1 cm³/mol. The van der Waals surface area contributed by atoms with Gasteiger partial charge in [0.1, 0.15) is 0 Å². The van der Waals surface area contributed by atoms with E-state index in [0.717, 1.165) is 12.1 Å². The Morgan fingerprint density at radius 1 is 1.22 bits per heavy atom. The van der Waals surface area contributed by atoms with Gasteiger partial charge in [-0.15, -0.1) is 0 Å². The molecule has 0 bridgehead atoms. The largest absolute Gasteiger partial charge is 0.481 e. The SMILES string of the molecule is COc1cc(C)c([C@H](C)[C@](O)(c2ccncc2)C(F)(F)F)cn1. The standard InChI is InChI=1S/C16H17F3N2O2/c1-10-8-14(23-3)21-9-13(10)11(2)15(22,16(17,18)19)12-4-6-20-7-5-12/h4-9,11,22H,1-3H3/t11-,15-/m0/s1. The Balaban J connectivity index is 2.57. The van der Waals surface area contributed by atoms with Crippen molar-refractivity contribution in [2.75, 3.05) is 7.11 Å². The van der Waals surface area contributed by atoms with Gasteiger partial charge >= 0.3 is 6.18 Å². The summed E-state index contributed by atoms with van der Waals surface area (Å²) in [5.74, 6) is -0.957. The third-order valence-electron chi connectivity index (χ3n) is 3.98. The van der Waals surface area contributed by atoms with E-state index in [1.54, 1.807) is 6.92 Å². The highest BCUT2D eigenvalue weighted by Gasteiger charge is 2.58. The van der Waals surface area contributed by atoms with E-state index in [1.807, 2.05) is 0 Å². The van der Waals surface area contributed by atoms with E-state index in [1.165, 1.54) is 38.7 Å². The second kappa shape index (κ2) is 6.16. The molecular weight excluding hydrogens is 309 g/mol. The molecule has 0 saturated heterocycles. The number of aryl methyl sites for hydroxylation is 1. The maximum absolute atomic E-state index is 13.7. The zero-order valence-electron chi connectivity index (χ0n) is 12.9. The van der Waals surface area contributed by atoms with Crippen LogP contribution in [0.4, 0.5) is 13.2 Å². The quantitative estimate of drug-likeness (QED) is 0.936. The first kappa shape index (κ1) is 17.2. The average Bonchev–Trinajstić information content (AvgIpc) is 2.53. The topological polar surface area (TPSA) is 55.2 Å². The lowest BCUT2D eigenvalue weighted by Gasteiger charge is -2.37. The highest BCUT2D eigenvalue weighted by atomic mass is 19.4. The summed E-state index contributed by atoms with van der Waals surface area (Å²) in [6, 6.07) is 3.86. The van der Waals surface area contributed by atoms with Crippen molar-refractivity contribution < 1.29 is 23.0 Å². The summed E-state index contributed by atoms with van der Waals surface area (Å²) in [6.45, 7) is 2.98. The van der Waals surface area contributed by atoms with E-state index < -0.39 is 17.7 Å². The van der Waals surface area contributed by atoms with Gasteiger partial charge in [0.15, 0.2) is 5.60 Å². The molecule has 1 N–H and O–H groups in total. The second-order valence-electron chi connectivity index (χ2n) is 5.30. The van der Waals surface area contributed by atoms with E-state index in [0.29, 0.717) is 17.0 Å². The van der Waals surface area contributed by atoms with Crippen molar-refractivity contribution in [2.24, 2.45) is 0 Å². The first-order chi connectivity index (χ1) is 10.7. The van der Waals surface area contributed by atoms with E-state index >= 15 is 0 Å². The highest BCUT2D eigenvalue weighted by Crippen LogP contribution is 2.48. The van der Waals surface area contributed by atoms with Gasteiger partial charge < -0.3 is 9.84 Å². The summed E-state index contributed by atoms with van der Waals surface area (Å²) in [5.41, 5.74) is -2.46. The van der Waals surface area contributed by atoms with E-state index in [4.69, 9.17) is 4.74 Å². The molecule has 0 fully saturated rings. The summed E-state index contributed by atoms with van der Waals surface area (Å²) in [6.07, 6.45) is -1.12. The van der Waals surface area contributed by atoms with Gasteiger partial charge in [-0.3, -0.25) is 4.98 Å². The number of hydrogen-bond donors (Lipinski definition) is 1. The van der Waals surface area contributed by atoms with Crippen LogP contribution in [0.1, 0.15) is 29.5 Å². The van der Waals surface area contributed by atoms with Gasteiger partial charge in [0, 0.05) is 30.6 Å². The van der Waals surface area contributed by atoms with Crippen LogP contribution in [-0.2, 0) is 5.60 Å². The van der Waals surface area contributed by atoms with Gasteiger partial charge in [0.2, 0.25) is 5.88 Å². The van der Waals surface area contributed by atoms with Crippen molar-refractivity contribution in [1.82, 2.24) is 9.97 Å². The van der Waals surface area contributed by atoms with E-state index in [9.17, 15) is 18.3 Å². The Hall–Kier alpha value is -2.15. The number of rotatable bonds is 4. The number of aliphatic hydroxyl groups is 1. The van der Waals surface area contributed by atoms with Crippen LogP contribution >= 0.6 is 0 Å². The third kappa shape index (κ3) is 3.01. The highest BCUT2D eigenvalue weighted by molar-refractivity contribution is 5.36. The van der Waals surface area contributed by atoms with Crippen LogP contribution < -0.4 is 4.74 Å². The maximum Gasteiger partial charge on any atom is 0.422 e. The smallest absolute Gasteiger partial charge is 0.422 e. The Morgan fingerprint density at radius 2 is 1.83 bits per heavy atom. The van der Waals surface area contributed by atoms with Crippen molar-refractivity contribution in [3.8, 4) is 5.88 Å². The molecule has 0 saturated carbocycles. The summed E-state index contributed by atoms with van der Waals surface area (Å²) < 4.78 is 46.0. The number of methoxy groups -OCH3 is 1. The molecule has 4 nitrogen and oxygen atoms in total. The lowest BCUT2D eigenvalue weighted by molar-refractivity contribution is -0.274. The fourth-order valence-corrected chi connectivity index (χ4v) is 2.60. The molecule has 0 unspecified atom stereocenters. The number of nitrogens with zero attached hydrogens (tertiary/aromatic N) is 2. The summed E-state index contributed by atoms with van der Waals surface area (Å²) in [4.78, 5) is 7.66. The van der Waals surface area contributed by atoms with Crippen molar-refractivity contribution in [2.45, 2.75) is 31.5 Å². The maximum atomic E-state index is 13.7. The van der Waals surface area contributed by atoms with Crippen LogP contribution in [0.15, 0.2) is 36.8 Å². The molecular formula is C16H17F3N2O2. The first-order valence-electron chi connectivity index (χ1n) is 6.92. The van der Waals surface area contributed by atoms with Gasteiger partial charge in [0.25, 0.3) is 0 Å². The van der Waals surface area contributed by atoms with E-state index in [-0.39, 0.29) is 5.56 Å². The van der Waals surface area contributed by atoms with Gasteiger partial charge in [-0.1, -0.05) is 6.92 Å². The molecule has 0 spiro atoms. The molecule has 23 heavy (non-hydrogen) atoms. The minimum atomic E-state index is -4.86. The molecule has 0 radical (unpaired) electrons. The third-order valence-corrected chi connectivity index (χ3v) is 3.98. The Labute approximate surface area is 132 Å². The summed E-state index contributed by atoms with van der Waals surface area (Å²) >= 11 is 0. The number of ether oxygens (including phenoxy) is 1. The molecule has 0 amide bonds. The minimum Gasteiger partial charge on any atom is -0.481 e. The molecule has 0 aliphatic carbocycles. The molecule has 2 atom stereocenters. The molecule has 7 heteroatoms. The van der Waals surface area contributed by atoms with Gasteiger partial charge in [-0.25, -0.2) is 4.98 Å². The fourth-order valence-electron chi connectivity index (χ4n) is 2.60.